The van der Waals surface area contributed by atoms with E-state index in [4.69, 9.17) is 4.98 Å². The highest BCUT2D eigenvalue weighted by Gasteiger charge is 2.18. The topological polar surface area (TPSA) is 32.3 Å². The molecule has 0 unspecified atom stereocenters. The quantitative estimate of drug-likeness (QED) is 0.485. The van der Waals surface area contributed by atoms with Crippen molar-refractivity contribution in [2.45, 2.75) is 6.42 Å². The lowest BCUT2D eigenvalue weighted by Gasteiger charge is -2.35. The number of hydrogen-bond acceptors (Lipinski definition) is 5. The van der Waals surface area contributed by atoms with Gasteiger partial charge in [-0.05, 0) is 46.7 Å². The van der Waals surface area contributed by atoms with Crippen molar-refractivity contribution >= 4 is 28.1 Å². The molecule has 146 valence electrons. The first-order valence-corrected chi connectivity index (χ1v) is 11.1. The number of hydrogen-bond donors (Lipinski definition) is 0. The molecule has 0 bridgehead atoms. The van der Waals surface area contributed by atoms with Crippen LogP contribution in [0.25, 0.3) is 22.0 Å². The zero-order valence-electron chi connectivity index (χ0n) is 16.4. The van der Waals surface area contributed by atoms with Crippen molar-refractivity contribution in [2.75, 3.05) is 37.6 Å². The van der Waals surface area contributed by atoms with Gasteiger partial charge in [0.25, 0.3) is 0 Å². The van der Waals surface area contributed by atoms with Gasteiger partial charge < -0.3 is 4.90 Å². The molecular weight excluding hydrogens is 376 g/mol. The van der Waals surface area contributed by atoms with E-state index in [1.807, 2.05) is 12.3 Å². The van der Waals surface area contributed by atoms with Crippen molar-refractivity contribution in [2.24, 2.45) is 0 Å². The summed E-state index contributed by atoms with van der Waals surface area (Å²) in [5, 5.41) is 5.53. The van der Waals surface area contributed by atoms with Gasteiger partial charge in [-0.25, -0.2) is 4.98 Å². The van der Waals surface area contributed by atoms with Crippen LogP contribution in [-0.4, -0.2) is 47.6 Å². The third kappa shape index (κ3) is 4.02. The molecule has 0 atom stereocenters. The highest BCUT2D eigenvalue weighted by atomic mass is 32.1. The summed E-state index contributed by atoms with van der Waals surface area (Å²) in [6.45, 7) is 5.23. The summed E-state index contributed by atoms with van der Waals surface area (Å²) >= 11 is 1.73. The number of nitrogens with zero attached hydrogens (tertiary/aromatic N) is 4. The van der Waals surface area contributed by atoms with Gasteiger partial charge in [0.15, 0.2) is 0 Å². The van der Waals surface area contributed by atoms with E-state index in [2.05, 4.69) is 74.1 Å². The van der Waals surface area contributed by atoms with Crippen molar-refractivity contribution in [3.8, 4) is 11.1 Å². The molecule has 1 saturated heterocycles. The fraction of sp³-hybridized carbons (Fsp3) is 0.250. The molecule has 0 aliphatic carbocycles. The average molecular weight is 401 g/mol. The second-order valence-corrected chi connectivity index (χ2v) is 8.24. The number of anilines is 1. The molecule has 0 spiro atoms. The molecule has 0 amide bonds. The summed E-state index contributed by atoms with van der Waals surface area (Å²) < 4.78 is 0. The van der Waals surface area contributed by atoms with Gasteiger partial charge in [0.05, 0.1) is 5.52 Å². The molecule has 1 aromatic carbocycles. The number of benzene rings is 1. The molecular formula is C24H24N4S. The van der Waals surface area contributed by atoms with Crippen molar-refractivity contribution in [1.82, 2.24) is 14.9 Å². The van der Waals surface area contributed by atoms with Gasteiger partial charge >= 0.3 is 0 Å². The highest BCUT2D eigenvalue weighted by molar-refractivity contribution is 7.08. The lowest BCUT2D eigenvalue weighted by Crippen LogP contribution is -2.47. The first-order valence-electron chi connectivity index (χ1n) is 10.2. The Labute approximate surface area is 175 Å². The minimum absolute atomic E-state index is 1.01. The first-order chi connectivity index (χ1) is 14.4. The van der Waals surface area contributed by atoms with Gasteiger partial charge in [0.2, 0.25) is 0 Å². The maximum absolute atomic E-state index is 5.08. The maximum atomic E-state index is 5.08. The van der Waals surface area contributed by atoms with Crippen LogP contribution in [0.1, 0.15) is 5.69 Å². The summed E-state index contributed by atoms with van der Waals surface area (Å²) in [6, 6.07) is 19.2. The van der Waals surface area contributed by atoms with E-state index in [0.717, 1.165) is 50.5 Å². The van der Waals surface area contributed by atoms with Gasteiger partial charge in [0.1, 0.15) is 5.82 Å². The Balaban J connectivity index is 1.29. The van der Waals surface area contributed by atoms with Crippen LogP contribution in [0, 0.1) is 0 Å². The van der Waals surface area contributed by atoms with E-state index in [-0.39, 0.29) is 0 Å². The Bertz CT molecular complexity index is 1070. The molecule has 0 N–H and O–H groups in total. The molecule has 1 fully saturated rings. The molecule has 1 aliphatic heterocycles. The standard InChI is InChI=1S/C24H24N4S/c1-2-11-25-21(5-1)9-12-27-13-15-28(16-14-27)23-8-7-19-4-3-6-22(24(19)26-23)20-10-17-29-18-20/h1-8,10-11,17-18H,9,12-16H2. The van der Waals surface area contributed by atoms with Gasteiger partial charge in [-0.3, -0.25) is 9.88 Å². The van der Waals surface area contributed by atoms with E-state index in [1.165, 1.54) is 22.2 Å². The largest absolute Gasteiger partial charge is 0.354 e. The fourth-order valence-corrected chi connectivity index (χ4v) is 4.64. The Hall–Kier alpha value is -2.76. The van der Waals surface area contributed by atoms with E-state index in [0.29, 0.717) is 0 Å². The van der Waals surface area contributed by atoms with E-state index < -0.39 is 0 Å². The fourth-order valence-electron chi connectivity index (χ4n) is 3.98. The number of para-hydroxylation sites is 1. The summed E-state index contributed by atoms with van der Waals surface area (Å²) in [4.78, 5) is 14.5. The number of thiophene rings is 1. The van der Waals surface area contributed by atoms with Gasteiger partial charge in [-0.1, -0.05) is 24.3 Å². The minimum atomic E-state index is 1.01. The molecule has 3 aromatic heterocycles. The molecule has 4 aromatic rings. The molecule has 29 heavy (non-hydrogen) atoms. The number of aromatic nitrogens is 2. The summed E-state index contributed by atoms with van der Waals surface area (Å²) in [5.41, 5.74) is 4.75. The van der Waals surface area contributed by atoms with Crippen LogP contribution >= 0.6 is 11.3 Å². The molecule has 5 heteroatoms. The van der Waals surface area contributed by atoms with Crippen molar-refractivity contribution in [1.29, 1.82) is 0 Å². The normalized spacial score (nSPS) is 15.1. The SMILES string of the molecule is c1ccc(CCN2CCN(c3ccc4cccc(-c5ccsc5)c4n3)CC2)nc1. The molecule has 5 rings (SSSR count). The van der Waals surface area contributed by atoms with Crippen molar-refractivity contribution in [3.05, 3.63) is 77.2 Å². The lowest BCUT2D eigenvalue weighted by molar-refractivity contribution is 0.260. The Kier molecular flexibility index (Phi) is 5.24. The predicted octanol–water partition coefficient (Wildman–Crippen LogP) is 4.72. The molecule has 0 radical (unpaired) electrons. The number of piperazine rings is 1. The summed E-state index contributed by atoms with van der Waals surface area (Å²) in [5.74, 6) is 1.09. The van der Waals surface area contributed by atoms with Crippen molar-refractivity contribution in [3.63, 3.8) is 0 Å². The predicted molar refractivity (Wildman–Crippen MR) is 122 cm³/mol. The summed E-state index contributed by atoms with van der Waals surface area (Å²) in [6.07, 6.45) is 2.89. The Morgan fingerprint density at radius 3 is 2.62 bits per heavy atom. The minimum Gasteiger partial charge on any atom is -0.354 e. The van der Waals surface area contributed by atoms with E-state index in [9.17, 15) is 0 Å². The van der Waals surface area contributed by atoms with Crippen LogP contribution in [0.3, 0.4) is 0 Å². The second-order valence-electron chi connectivity index (χ2n) is 7.46. The van der Waals surface area contributed by atoms with E-state index in [1.54, 1.807) is 11.3 Å². The number of rotatable bonds is 5. The Morgan fingerprint density at radius 2 is 1.83 bits per heavy atom. The highest BCUT2D eigenvalue weighted by Crippen LogP contribution is 2.30. The van der Waals surface area contributed by atoms with Crippen LogP contribution < -0.4 is 4.90 Å². The van der Waals surface area contributed by atoms with Crippen LogP contribution in [0.5, 0.6) is 0 Å². The van der Waals surface area contributed by atoms with Crippen LogP contribution in [0.15, 0.2) is 71.6 Å². The third-order valence-corrected chi connectivity index (χ3v) is 6.33. The molecule has 4 heterocycles. The molecule has 4 nitrogen and oxygen atoms in total. The van der Waals surface area contributed by atoms with Gasteiger partial charge in [0, 0.05) is 62.0 Å². The average Bonchev–Trinajstić information content (AvgIpc) is 3.33. The second kappa shape index (κ2) is 8.31. The van der Waals surface area contributed by atoms with Gasteiger partial charge in [-0.2, -0.15) is 11.3 Å². The monoisotopic (exact) mass is 400 g/mol. The van der Waals surface area contributed by atoms with Crippen LogP contribution in [0.2, 0.25) is 0 Å². The van der Waals surface area contributed by atoms with Crippen LogP contribution in [-0.2, 0) is 6.42 Å². The smallest absolute Gasteiger partial charge is 0.129 e. The molecule has 1 aliphatic rings. The molecule has 0 saturated carbocycles. The van der Waals surface area contributed by atoms with Crippen molar-refractivity contribution < 1.29 is 0 Å². The zero-order chi connectivity index (χ0) is 19.5. The Morgan fingerprint density at radius 1 is 0.897 bits per heavy atom. The lowest BCUT2D eigenvalue weighted by atomic mass is 10.0. The number of pyridine rings is 2. The zero-order valence-corrected chi connectivity index (χ0v) is 17.2. The van der Waals surface area contributed by atoms with Crippen LogP contribution in [0.4, 0.5) is 5.82 Å². The first kappa shape index (κ1) is 18.3. The van der Waals surface area contributed by atoms with E-state index >= 15 is 0 Å². The number of fused-ring (bicyclic) bond motifs is 1. The maximum Gasteiger partial charge on any atom is 0.129 e. The van der Waals surface area contributed by atoms with Gasteiger partial charge in [-0.15, -0.1) is 0 Å². The summed E-state index contributed by atoms with van der Waals surface area (Å²) in [7, 11) is 0. The third-order valence-electron chi connectivity index (χ3n) is 5.64.